The summed E-state index contributed by atoms with van der Waals surface area (Å²) in [4.78, 5) is 23.9. The number of carbonyl (C=O) groups is 1. The van der Waals surface area contributed by atoms with Crippen LogP contribution in [0.2, 0.25) is 0 Å². The fourth-order valence-corrected chi connectivity index (χ4v) is 3.53. The molecule has 1 aromatic rings. The molecule has 0 aromatic carbocycles. The van der Waals surface area contributed by atoms with Gasteiger partial charge in [0.2, 0.25) is 12.4 Å². The van der Waals surface area contributed by atoms with Gasteiger partial charge in [0.1, 0.15) is 0 Å². The number of nitrogens with zero attached hydrogens (tertiary/aromatic N) is 4. The maximum atomic E-state index is 11.0. The van der Waals surface area contributed by atoms with Crippen LogP contribution in [0.1, 0.15) is 59.4 Å². The molecule has 2 heterocycles. The second kappa shape index (κ2) is 14.2. The molecular formula is C28H42N4O. The molecule has 1 fully saturated rings. The van der Waals surface area contributed by atoms with Gasteiger partial charge in [-0.15, -0.1) is 0 Å². The number of amides is 1. The summed E-state index contributed by atoms with van der Waals surface area (Å²) in [5, 5.41) is 0. The molecule has 1 aliphatic rings. The lowest BCUT2D eigenvalue weighted by Gasteiger charge is -2.21. The molecule has 33 heavy (non-hydrogen) atoms. The molecule has 1 atom stereocenters. The Bertz CT molecular complexity index is 904. The van der Waals surface area contributed by atoms with E-state index in [2.05, 4.69) is 67.4 Å². The highest BCUT2D eigenvalue weighted by Crippen LogP contribution is 2.20. The molecule has 0 saturated carbocycles. The first-order valence-electron chi connectivity index (χ1n) is 11.7. The van der Waals surface area contributed by atoms with E-state index in [1.807, 2.05) is 50.8 Å². The fraction of sp³-hybridized carbons (Fsp3) is 0.464. The normalized spacial score (nSPS) is 18.1. The summed E-state index contributed by atoms with van der Waals surface area (Å²) in [6, 6.07) is 2.26. The largest absolute Gasteiger partial charge is 0.341 e. The minimum atomic E-state index is 0.290. The summed E-state index contributed by atoms with van der Waals surface area (Å²) < 4.78 is 0. The minimum Gasteiger partial charge on any atom is -0.341 e. The minimum absolute atomic E-state index is 0.290. The zero-order chi connectivity index (χ0) is 25.0. The molecule has 5 nitrogen and oxygen atoms in total. The Kier molecular flexibility index (Phi) is 12.1. The van der Waals surface area contributed by atoms with E-state index >= 15 is 0 Å². The van der Waals surface area contributed by atoms with Crippen LogP contribution in [0.5, 0.6) is 0 Å². The van der Waals surface area contributed by atoms with E-state index in [1.165, 1.54) is 16.7 Å². The molecule has 1 amide bonds. The number of aromatic nitrogens is 2. The third-order valence-corrected chi connectivity index (χ3v) is 5.88. The summed E-state index contributed by atoms with van der Waals surface area (Å²) >= 11 is 0. The monoisotopic (exact) mass is 450 g/mol. The predicted octanol–water partition coefficient (Wildman–Crippen LogP) is 6.13. The van der Waals surface area contributed by atoms with Crippen molar-refractivity contribution in [2.75, 3.05) is 24.5 Å². The molecule has 0 bridgehead atoms. The zero-order valence-electron chi connectivity index (χ0n) is 21.9. The van der Waals surface area contributed by atoms with Gasteiger partial charge in [-0.25, -0.2) is 9.97 Å². The van der Waals surface area contributed by atoms with Crippen molar-refractivity contribution in [3.8, 4) is 0 Å². The summed E-state index contributed by atoms with van der Waals surface area (Å²) in [6.45, 7) is 23.0. The van der Waals surface area contributed by atoms with Crippen molar-refractivity contribution in [2.45, 2.75) is 67.9 Å². The van der Waals surface area contributed by atoms with Crippen LogP contribution in [0, 0.1) is 13.8 Å². The van der Waals surface area contributed by atoms with Gasteiger partial charge in [-0.2, -0.15) is 0 Å². The Morgan fingerprint density at radius 2 is 1.70 bits per heavy atom. The standard InChI is InChI=1S/C15H22.C13H20N4O/c1-7-9-11-13(4)15(6)14(5)12(3)10-8-2;1-10-8-11(2)15-13(14-10)16-5-4-12(3)17(9-18)7-6-16/h7-11H,6H2,1-5H3;8-9,12H,4-7H2,1-3H3/b9-7-,10-8-,13-11+,14-12+;. The molecular weight excluding hydrogens is 408 g/mol. The first-order valence-corrected chi connectivity index (χ1v) is 11.7. The van der Waals surface area contributed by atoms with Gasteiger partial charge in [0.15, 0.2) is 0 Å². The first kappa shape index (κ1) is 28.1. The summed E-state index contributed by atoms with van der Waals surface area (Å²) in [7, 11) is 0. The number of hydrogen-bond acceptors (Lipinski definition) is 4. The highest BCUT2D eigenvalue weighted by molar-refractivity contribution is 5.48. The van der Waals surface area contributed by atoms with E-state index < -0.39 is 0 Å². The van der Waals surface area contributed by atoms with Gasteiger partial charge in [-0.3, -0.25) is 4.79 Å². The molecule has 180 valence electrons. The second-order valence-corrected chi connectivity index (χ2v) is 8.58. The molecule has 1 aliphatic heterocycles. The molecule has 5 heteroatoms. The van der Waals surface area contributed by atoms with E-state index in [-0.39, 0.29) is 0 Å². The van der Waals surface area contributed by atoms with Crippen molar-refractivity contribution in [1.29, 1.82) is 0 Å². The van der Waals surface area contributed by atoms with Crippen molar-refractivity contribution in [3.05, 3.63) is 76.7 Å². The Labute approximate surface area is 201 Å². The molecule has 1 unspecified atom stereocenters. The molecule has 0 radical (unpaired) electrons. The lowest BCUT2D eigenvalue weighted by atomic mass is 9.97. The van der Waals surface area contributed by atoms with E-state index in [0.29, 0.717) is 6.04 Å². The second-order valence-electron chi connectivity index (χ2n) is 8.58. The van der Waals surface area contributed by atoms with Crippen molar-refractivity contribution < 1.29 is 4.79 Å². The fourth-order valence-electron chi connectivity index (χ4n) is 3.53. The smallest absolute Gasteiger partial charge is 0.225 e. The van der Waals surface area contributed by atoms with Crippen molar-refractivity contribution in [2.24, 2.45) is 0 Å². The third-order valence-electron chi connectivity index (χ3n) is 5.88. The van der Waals surface area contributed by atoms with Crippen molar-refractivity contribution in [1.82, 2.24) is 14.9 Å². The number of carbonyl (C=O) groups excluding carboxylic acids is 1. The lowest BCUT2D eigenvalue weighted by Crippen LogP contribution is -2.33. The van der Waals surface area contributed by atoms with Crippen LogP contribution < -0.4 is 4.90 Å². The Balaban J connectivity index is 0.000000337. The highest BCUT2D eigenvalue weighted by Gasteiger charge is 2.21. The van der Waals surface area contributed by atoms with Gasteiger partial charge in [0.05, 0.1) is 0 Å². The quantitative estimate of drug-likeness (QED) is 0.386. The van der Waals surface area contributed by atoms with Crippen LogP contribution in [0.3, 0.4) is 0 Å². The van der Waals surface area contributed by atoms with Gasteiger partial charge in [-0.1, -0.05) is 37.0 Å². The number of rotatable bonds is 6. The summed E-state index contributed by atoms with van der Waals surface area (Å²) in [5.74, 6) is 0.785. The van der Waals surface area contributed by atoms with Gasteiger partial charge in [0, 0.05) is 37.1 Å². The number of allylic oxidation sites excluding steroid dienone is 9. The number of aryl methyl sites for hydroxylation is 2. The summed E-state index contributed by atoms with van der Waals surface area (Å²) in [5.41, 5.74) is 6.84. The maximum absolute atomic E-state index is 11.0. The molecule has 0 spiro atoms. The third kappa shape index (κ3) is 9.21. The van der Waals surface area contributed by atoms with E-state index in [1.54, 1.807) is 0 Å². The average molecular weight is 451 g/mol. The summed E-state index contributed by atoms with van der Waals surface area (Å²) in [6.07, 6.45) is 12.2. The van der Waals surface area contributed by atoms with E-state index in [4.69, 9.17) is 0 Å². The Morgan fingerprint density at radius 1 is 1.06 bits per heavy atom. The molecule has 1 saturated heterocycles. The van der Waals surface area contributed by atoms with Crippen LogP contribution in [0.15, 0.2) is 65.3 Å². The van der Waals surface area contributed by atoms with Crippen LogP contribution in [-0.4, -0.2) is 47.0 Å². The number of anilines is 1. The van der Waals surface area contributed by atoms with Crippen molar-refractivity contribution >= 4 is 12.4 Å². The SMILES string of the molecule is C=C(/C(C)=C/C=C\C)/C(C)=C(C)/C=C\C.Cc1cc(C)nc(N2CCC(C)N(C=O)CC2)n1. The number of hydrogen-bond donors (Lipinski definition) is 0. The lowest BCUT2D eigenvalue weighted by molar-refractivity contribution is -0.119. The van der Waals surface area contributed by atoms with Crippen LogP contribution in [-0.2, 0) is 4.79 Å². The topological polar surface area (TPSA) is 49.3 Å². The van der Waals surface area contributed by atoms with Crippen LogP contribution in [0.4, 0.5) is 5.95 Å². The average Bonchev–Trinajstić information content (AvgIpc) is 2.97. The van der Waals surface area contributed by atoms with Crippen LogP contribution >= 0.6 is 0 Å². The zero-order valence-corrected chi connectivity index (χ0v) is 21.9. The Morgan fingerprint density at radius 3 is 2.24 bits per heavy atom. The van der Waals surface area contributed by atoms with E-state index in [9.17, 15) is 4.79 Å². The maximum Gasteiger partial charge on any atom is 0.225 e. The van der Waals surface area contributed by atoms with Crippen LogP contribution in [0.25, 0.3) is 0 Å². The Hall–Kier alpha value is -2.95. The molecule has 2 rings (SSSR count). The predicted molar refractivity (Wildman–Crippen MR) is 141 cm³/mol. The van der Waals surface area contributed by atoms with Gasteiger partial charge < -0.3 is 9.80 Å². The van der Waals surface area contributed by atoms with Gasteiger partial charge >= 0.3 is 0 Å². The van der Waals surface area contributed by atoms with Crippen molar-refractivity contribution in [3.63, 3.8) is 0 Å². The molecule has 0 N–H and O–H groups in total. The first-order chi connectivity index (χ1) is 15.6. The van der Waals surface area contributed by atoms with E-state index in [0.717, 1.165) is 55.4 Å². The van der Waals surface area contributed by atoms with Gasteiger partial charge in [-0.05, 0) is 90.2 Å². The van der Waals surface area contributed by atoms with Gasteiger partial charge in [0.25, 0.3) is 0 Å². The molecule has 0 aliphatic carbocycles. The molecule has 1 aromatic heterocycles. The highest BCUT2D eigenvalue weighted by atomic mass is 16.1.